The predicted octanol–water partition coefficient (Wildman–Crippen LogP) is 3.42. The Morgan fingerprint density at radius 1 is 1.38 bits per heavy atom. The van der Waals surface area contributed by atoms with Gasteiger partial charge in [-0.3, -0.25) is 10.1 Å². The molecule has 0 spiro atoms. The summed E-state index contributed by atoms with van der Waals surface area (Å²) in [5, 5.41) is 22.7. The van der Waals surface area contributed by atoms with Crippen LogP contribution in [0.25, 0.3) is 0 Å². The van der Waals surface area contributed by atoms with E-state index in [1.54, 1.807) is 0 Å². The number of anilines is 1. The minimum Gasteiger partial charge on any atom is -0.478 e. The zero-order valence-electron chi connectivity index (χ0n) is 11.5. The van der Waals surface area contributed by atoms with Crippen LogP contribution in [0.5, 0.6) is 0 Å². The number of rotatable bonds is 5. The largest absolute Gasteiger partial charge is 0.478 e. The van der Waals surface area contributed by atoms with Gasteiger partial charge in [-0.2, -0.15) is 0 Å². The molecule has 2 N–H and O–H groups in total. The van der Waals surface area contributed by atoms with E-state index in [9.17, 15) is 19.3 Å². The molecule has 0 aliphatic heterocycles. The molecule has 1 aromatic carbocycles. The maximum absolute atomic E-state index is 13.7. The molecule has 21 heavy (non-hydrogen) atoms. The maximum Gasteiger partial charge on any atom is 0.338 e. The van der Waals surface area contributed by atoms with Crippen LogP contribution in [-0.4, -0.2) is 22.5 Å². The van der Waals surface area contributed by atoms with Crippen molar-refractivity contribution >= 4 is 17.3 Å². The number of hydrogen-bond donors (Lipinski definition) is 2. The van der Waals surface area contributed by atoms with Crippen LogP contribution in [0.4, 0.5) is 15.8 Å². The third-order valence-corrected chi connectivity index (χ3v) is 3.82. The first kappa shape index (κ1) is 15.2. The summed E-state index contributed by atoms with van der Waals surface area (Å²) >= 11 is 0. The highest BCUT2D eigenvalue weighted by atomic mass is 19.1. The van der Waals surface area contributed by atoms with E-state index < -0.39 is 28.0 Å². The van der Waals surface area contributed by atoms with Gasteiger partial charge in [0.2, 0.25) is 0 Å². The van der Waals surface area contributed by atoms with E-state index in [4.69, 9.17) is 5.11 Å². The summed E-state index contributed by atoms with van der Waals surface area (Å²) in [6.07, 6.45) is 5.59. The molecule has 0 unspecified atom stereocenters. The van der Waals surface area contributed by atoms with E-state index in [1.165, 1.54) is 6.42 Å². The number of nitrogens with one attached hydrogen (secondary N) is 1. The average molecular weight is 296 g/mol. The molecule has 0 amide bonds. The lowest BCUT2D eigenvalue weighted by molar-refractivity contribution is -0.384. The molecule has 0 bridgehead atoms. The molecule has 0 aromatic heterocycles. The Morgan fingerprint density at radius 2 is 2.05 bits per heavy atom. The Kier molecular flexibility index (Phi) is 4.72. The number of hydrogen-bond acceptors (Lipinski definition) is 4. The van der Waals surface area contributed by atoms with Crippen LogP contribution in [0, 0.1) is 21.8 Å². The number of carboxylic acid groups (broad SMARTS) is 1. The summed E-state index contributed by atoms with van der Waals surface area (Å²) in [4.78, 5) is 21.1. The highest BCUT2D eigenvalue weighted by Crippen LogP contribution is 2.30. The predicted molar refractivity (Wildman–Crippen MR) is 75.1 cm³/mol. The van der Waals surface area contributed by atoms with E-state index in [2.05, 4.69) is 5.32 Å². The molecule has 1 aliphatic carbocycles. The standard InChI is InChI=1S/C14H17FN2O4/c15-11-7-12(16-8-9-4-2-1-3-5-9)13(17(20)21)6-10(11)14(18)19/h6-7,9,16H,1-5,8H2,(H,18,19). The van der Waals surface area contributed by atoms with Crippen molar-refractivity contribution in [1.82, 2.24) is 0 Å². The molecule has 1 saturated carbocycles. The average Bonchev–Trinajstić information content (AvgIpc) is 2.45. The Balaban J connectivity index is 2.19. The molecular weight excluding hydrogens is 279 g/mol. The van der Waals surface area contributed by atoms with Crippen LogP contribution in [-0.2, 0) is 0 Å². The monoisotopic (exact) mass is 296 g/mol. The minimum atomic E-state index is -1.52. The van der Waals surface area contributed by atoms with Crippen molar-refractivity contribution in [2.75, 3.05) is 11.9 Å². The van der Waals surface area contributed by atoms with Crippen molar-refractivity contribution in [2.24, 2.45) is 5.92 Å². The van der Waals surface area contributed by atoms with Crippen molar-refractivity contribution < 1.29 is 19.2 Å². The van der Waals surface area contributed by atoms with Crippen molar-refractivity contribution in [1.29, 1.82) is 0 Å². The van der Waals surface area contributed by atoms with Gasteiger partial charge in [0.05, 0.1) is 4.92 Å². The molecule has 114 valence electrons. The number of nitro benzene ring substituents is 1. The second kappa shape index (κ2) is 6.51. The molecule has 1 aromatic rings. The Labute approximate surface area is 121 Å². The first-order valence-electron chi connectivity index (χ1n) is 6.94. The number of aromatic carboxylic acids is 1. The molecular formula is C14H17FN2O4. The third-order valence-electron chi connectivity index (χ3n) is 3.82. The Morgan fingerprint density at radius 3 is 2.62 bits per heavy atom. The summed E-state index contributed by atoms with van der Waals surface area (Å²) in [6, 6.07) is 1.66. The number of carbonyl (C=O) groups is 1. The van der Waals surface area contributed by atoms with Gasteiger partial charge in [-0.1, -0.05) is 19.3 Å². The van der Waals surface area contributed by atoms with E-state index >= 15 is 0 Å². The van der Waals surface area contributed by atoms with Crippen LogP contribution in [0.2, 0.25) is 0 Å². The fourth-order valence-corrected chi connectivity index (χ4v) is 2.66. The van der Waals surface area contributed by atoms with E-state index in [1.807, 2.05) is 0 Å². The first-order chi connectivity index (χ1) is 9.99. The van der Waals surface area contributed by atoms with Crippen molar-refractivity contribution in [3.8, 4) is 0 Å². The molecule has 0 radical (unpaired) electrons. The topological polar surface area (TPSA) is 92.5 Å². The Bertz CT molecular complexity index is 556. The summed E-state index contributed by atoms with van der Waals surface area (Å²) in [6.45, 7) is 0.534. The summed E-state index contributed by atoms with van der Waals surface area (Å²) in [5.74, 6) is -2.07. The van der Waals surface area contributed by atoms with Gasteiger partial charge < -0.3 is 10.4 Å². The molecule has 1 aliphatic rings. The van der Waals surface area contributed by atoms with Crippen LogP contribution >= 0.6 is 0 Å². The van der Waals surface area contributed by atoms with Gasteiger partial charge in [0.15, 0.2) is 0 Å². The normalized spacial score (nSPS) is 15.7. The van der Waals surface area contributed by atoms with E-state index in [0.29, 0.717) is 12.5 Å². The minimum absolute atomic E-state index is 0.0353. The molecule has 1 fully saturated rings. The quantitative estimate of drug-likeness (QED) is 0.641. The summed E-state index contributed by atoms with van der Waals surface area (Å²) in [5.41, 5.74) is -1.07. The van der Waals surface area contributed by atoms with Crippen LogP contribution in [0.3, 0.4) is 0 Å². The first-order valence-corrected chi connectivity index (χ1v) is 6.94. The number of nitrogens with zero attached hydrogens (tertiary/aromatic N) is 1. The zero-order chi connectivity index (χ0) is 15.4. The van der Waals surface area contributed by atoms with Gasteiger partial charge in [-0.15, -0.1) is 0 Å². The third kappa shape index (κ3) is 3.68. The highest BCUT2D eigenvalue weighted by Gasteiger charge is 2.22. The maximum atomic E-state index is 13.7. The summed E-state index contributed by atoms with van der Waals surface area (Å²) in [7, 11) is 0. The molecule has 0 saturated heterocycles. The van der Waals surface area contributed by atoms with Crippen molar-refractivity contribution in [3.05, 3.63) is 33.6 Å². The molecule has 0 atom stereocenters. The van der Waals surface area contributed by atoms with Gasteiger partial charge in [-0.05, 0) is 18.8 Å². The fraction of sp³-hybridized carbons (Fsp3) is 0.500. The molecule has 2 rings (SSSR count). The number of nitro groups is 1. The molecule has 6 nitrogen and oxygen atoms in total. The second-order valence-corrected chi connectivity index (χ2v) is 5.30. The lowest BCUT2D eigenvalue weighted by Crippen LogP contribution is -2.18. The van der Waals surface area contributed by atoms with E-state index in [0.717, 1.165) is 37.8 Å². The summed E-state index contributed by atoms with van der Waals surface area (Å²) < 4.78 is 13.7. The van der Waals surface area contributed by atoms with Crippen LogP contribution < -0.4 is 5.32 Å². The lowest BCUT2D eigenvalue weighted by Gasteiger charge is -2.22. The van der Waals surface area contributed by atoms with E-state index in [-0.39, 0.29) is 5.69 Å². The number of carboxylic acids is 1. The van der Waals surface area contributed by atoms with Crippen LogP contribution in [0.1, 0.15) is 42.5 Å². The van der Waals surface area contributed by atoms with Gasteiger partial charge >= 0.3 is 5.97 Å². The highest BCUT2D eigenvalue weighted by molar-refractivity contribution is 5.90. The smallest absolute Gasteiger partial charge is 0.338 e. The zero-order valence-corrected chi connectivity index (χ0v) is 11.5. The van der Waals surface area contributed by atoms with Crippen LogP contribution in [0.15, 0.2) is 12.1 Å². The molecule has 0 heterocycles. The van der Waals surface area contributed by atoms with Gasteiger partial charge in [0.1, 0.15) is 17.1 Å². The lowest BCUT2D eigenvalue weighted by atomic mass is 9.89. The fourth-order valence-electron chi connectivity index (χ4n) is 2.66. The van der Waals surface area contributed by atoms with Gasteiger partial charge in [0, 0.05) is 18.7 Å². The second-order valence-electron chi connectivity index (χ2n) is 5.30. The van der Waals surface area contributed by atoms with Crippen molar-refractivity contribution in [3.63, 3.8) is 0 Å². The number of benzene rings is 1. The number of halogens is 1. The van der Waals surface area contributed by atoms with Crippen molar-refractivity contribution in [2.45, 2.75) is 32.1 Å². The SMILES string of the molecule is O=C(O)c1cc([N+](=O)[O-])c(NCC2CCCCC2)cc1F. The molecule has 7 heteroatoms. The Hall–Kier alpha value is -2.18. The van der Waals surface area contributed by atoms with Gasteiger partial charge in [0.25, 0.3) is 5.69 Å². The van der Waals surface area contributed by atoms with Gasteiger partial charge in [-0.25, -0.2) is 9.18 Å².